The van der Waals surface area contributed by atoms with E-state index in [1.807, 2.05) is 0 Å². The maximum Gasteiger partial charge on any atom is 0.255 e. The summed E-state index contributed by atoms with van der Waals surface area (Å²) >= 11 is 0. The summed E-state index contributed by atoms with van der Waals surface area (Å²) in [7, 11) is 0. The average Bonchev–Trinajstić information content (AvgIpc) is 3.00. The first kappa shape index (κ1) is 18.3. The van der Waals surface area contributed by atoms with E-state index in [1.165, 1.54) is 0 Å². The van der Waals surface area contributed by atoms with E-state index >= 15 is 0 Å². The molecule has 0 aromatic heterocycles. The van der Waals surface area contributed by atoms with Crippen LogP contribution < -0.4 is 15.8 Å². The van der Waals surface area contributed by atoms with Crippen LogP contribution in [0.15, 0.2) is 24.3 Å². The fourth-order valence-electron chi connectivity index (χ4n) is 2.98. The Morgan fingerprint density at radius 1 is 1.29 bits per heavy atom. The summed E-state index contributed by atoms with van der Waals surface area (Å²) in [5, 5.41) is 2.98. The monoisotopic (exact) mass is 334 g/mol. The Bertz CT molecular complexity index is 578. The molecule has 6 heteroatoms. The second-order valence-corrected chi connectivity index (χ2v) is 7.20. The van der Waals surface area contributed by atoms with Crippen LogP contribution in [0.4, 0.5) is 0 Å². The van der Waals surface area contributed by atoms with Gasteiger partial charge in [-0.05, 0) is 36.1 Å². The van der Waals surface area contributed by atoms with E-state index in [9.17, 15) is 9.59 Å². The summed E-state index contributed by atoms with van der Waals surface area (Å²) in [6.07, 6.45) is 1.12. The Balaban J connectivity index is 1.87. The Morgan fingerprint density at radius 3 is 2.54 bits per heavy atom. The lowest BCUT2D eigenvalue weighted by Gasteiger charge is -2.31. The number of primary amides is 1. The van der Waals surface area contributed by atoms with Crippen molar-refractivity contribution in [3.05, 3.63) is 29.8 Å². The van der Waals surface area contributed by atoms with Crippen LogP contribution in [0.1, 0.15) is 37.6 Å². The van der Waals surface area contributed by atoms with Crippen molar-refractivity contribution in [2.45, 2.75) is 33.3 Å². The zero-order valence-corrected chi connectivity index (χ0v) is 14.5. The fraction of sp³-hybridized carbons (Fsp3) is 0.556. The number of nitrogens with two attached hydrogens (primary N) is 1. The number of hydrogen-bond donors (Lipinski definition) is 2. The van der Waals surface area contributed by atoms with Crippen molar-refractivity contribution in [1.82, 2.24) is 5.32 Å². The van der Waals surface area contributed by atoms with Gasteiger partial charge in [0.2, 0.25) is 0 Å². The summed E-state index contributed by atoms with van der Waals surface area (Å²) in [5.41, 5.74) is 5.63. The van der Waals surface area contributed by atoms with Gasteiger partial charge in [-0.2, -0.15) is 0 Å². The molecule has 1 aromatic rings. The second kappa shape index (κ2) is 7.66. The standard InChI is InChI=1S/C18H26N2O4/c1-18(2,3)16-13(8-9-23-16)10-20-17(22)12-4-6-14(7-5-12)24-11-15(19)21/h4-7,13,16H,8-11H2,1-3H3,(H2,19,21)(H,20,22)/t13-,16+/m1/s1. The molecule has 1 aliphatic heterocycles. The van der Waals surface area contributed by atoms with Crippen LogP contribution in [0.2, 0.25) is 0 Å². The van der Waals surface area contributed by atoms with E-state index in [-0.39, 0.29) is 24.0 Å². The van der Waals surface area contributed by atoms with Gasteiger partial charge in [-0.25, -0.2) is 0 Å². The number of benzene rings is 1. The van der Waals surface area contributed by atoms with E-state index in [1.54, 1.807) is 24.3 Å². The Labute approximate surface area is 142 Å². The molecular weight excluding hydrogens is 308 g/mol. The topological polar surface area (TPSA) is 90.7 Å². The van der Waals surface area contributed by atoms with Gasteiger partial charge < -0.3 is 20.5 Å². The van der Waals surface area contributed by atoms with Crippen LogP contribution in [-0.2, 0) is 9.53 Å². The van der Waals surface area contributed by atoms with E-state index < -0.39 is 5.91 Å². The third-order valence-electron chi connectivity index (χ3n) is 4.09. The molecule has 3 N–H and O–H groups in total. The maximum atomic E-state index is 12.3. The highest BCUT2D eigenvalue weighted by Crippen LogP contribution is 2.34. The molecular formula is C18H26N2O4. The molecule has 0 bridgehead atoms. The zero-order valence-electron chi connectivity index (χ0n) is 14.5. The molecule has 1 aliphatic rings. The number of nitrogens with one attached hydrogen (secondary N) is 1. The summed E-state index contributed by atoms with van der Waals surface area (Å²) in [6, 6.07) is 6.62. The lowest BCUT2D eigenvalue weighted by atomic mass is 9.81. The van der Waals surface area contributed by atoms with Gasteiger partial charge >= 0.3 is 0 Å². The SMILES string of the molecule is CC(C)(C)[C@H]1OCC[C@@H]1CNC(=O)c1ccc(OCC(N)=O)cc1. The molecule has 2 amide bonds. The largest absolute Gasteiger partial charge is 0.484 e. The van der Waals surface area contributed by atoms with Gasteiger partial charge in [0.25, 0.3) is 11.8 Å². The van der Waals surface area contributed by atoms with Crippen LogP contribution >= 0.6 is 0 Å². The zero-order chi connectivity index (χ0) is 17.7. The number of rotatable bonds is 6. The molecule has 0 unspecified atom stereocenters. The van der Waals surface area contributed by atoms with Gasteiger partial charge in [-0.3, -0.25) is 9.59 Å². The van der Waals surface area contributed by atoms with Gasteiger partial charge in [0.05, 0.1) is 6.10 Å². The third kappa shape index (κ3) is 4.96. The molecule has 24 heavy (non-hydrogen) atoms. The highest BCUT2D eigenvalue weighted by Gasteiger charge is 2.37. The number of carbonyl (C=O) groups is 2. The van der Waals surface area contributed by atoms with Crippen molar-refractivity contribution >= 4 is 11.8 Å². The number of amides is 2. The number of hydrogen-bond acceptors (Lipinski definition) is 4. The molecule has 6 nitrogen and oxygen atoms in total. The van der Waals surface area contributed by atoms with Crippen molar-refractivity contribution in [2.24, 2.45) is 17.1 Å². The van der Waals surface area contributed by atoms with Gasteiger partial charge in [0.15, 0.2) is 6.61 Å². The minimum atomic E-state index is -0.538. The van der Waals surface area contributed by atoms with E-state index in [4.69, 9.17) is 15.2 Å². The summed E-state index contributed by atoms with van der Waals surface area (Å²) < 4.78 is 11.0. The molecule has 0 saturated carbocycles. The average molecular weight is 334 g/mol. The Kier molecular flexibility index (Phi) is 5.83. The summed E-state index contributed by atoms with van der Waals surface area (Å²) in [4.78, 5) is 22.9. The van der Waals surface area contributed by atoms with Gasteiger partial charge in [-0.15, -0.1) is 0 Å². The smallest absolute Gasteiger partial charge is 0.255 e. The molecule has 132 valence electrons. The van der Waals surface area contributed by atoms with Gasteiger partial charge in [-0.1, -0.05) is 20.8 Å². The lowest BCUT2D eigenvalue weighted by Crippen LogP contribution is -2.38. The predicted octanol–water partition coefficient (Wildman–Crippen LogP) is 1.73. The van der Waals surface area contributed by atoms with Crippen LogP contribution in [0.5, 0.6) is 5.75 Å². The van der Waals surface area contributed by atoms with Gasteiger partial charge in [0, 0.05) is 24.6 Å². The van der Waals surface area contributed by atoms with Crippen molar-refractivity contribution in [3.8, 4) is 5.75 Å². The molecule has 1 saturated heterocycles. The van der Waals surface area contributed by atoms with Crippen molar-refractivity contribution < 1.29 is 19.1 Å². The quantitative estimate of drug-likeness (QED) is 0.829. The first-order valence-electron chi connectivity index (χ1n) is 8.18. The second-order valence-electron chi connectivity index (χ2n) is 7.20. The first-order chi connectivity index (χ1) is 11.3. The first-order valence-corrected chi connectivity index (χ1v) is 8.18. The third-order valence-corrected chi connectivity index (χ3v) is 4.09. The maximum absolute atomic E-state index is 12.3. The normalized spacial score (nSPS) is 20.6. The van der Waals surface area contributed by atoms with Crippen molar-refractivity contribution in [3.63, 3.8) is 0 Å². The predicted molar refractivity (Wildman–Crippen MR) is 90.8 cm³/mol. The van der Waals surface area contributed by atoms with Crippen LogP contribution in [-0.4, -0.2) is 37.7 Å². The number of carbonyl (C=O) groups excluding carboxylic acids is 2. The van der Waals surface area contributed by atoms with Crippen LogP contribution in [0.25, 0.3) is 0 Å². The summed E-state index contributed by atoms with van der Waals surface area (Å²) in [6.45, 7) is 7.63. The number of ether oxygens (including phenoxy) is 2. The van der Waals surface area contributed by atoms with E-state index in [0.717, 1.165) is 13.0 Å². The molecule has 1 aromatic carbocycles. The Morgan fingerprint density at radius 2 is 1.96 bits per heavy atom. The van der Waals surface area contributed by atoms with E-state index in [2.05, 4.69) is 26.1 Å². The lowest BCUT2D eigenvalue weighted by molar-refractivity contribution is -0.119. The minimum absolute atomic E-state index is 0.0608. The Hall–Kier alpha value is -2.08. The molecule has 0 spiro atoms. The van der Waals surface area contributed by atoms with Crippen molar-refractivity contribution in [1.29, 1.82) is 0 Å². The molecule has 0 radical (unpaired) electrons. The van der Waals surface area contributed by atoms with Crippen LogP contribution in [0, 0.1) is 11.3 Å². The molecule has 1 heterocycles. The molecule has 2 rings (SSSR count). The molecule has 2 atom stereocenters. The van der Waals surface area contributed by atoms with E-state index in [0.29, 0.717) is 23.8 Å². The summed E-state index contributed by atoms with van der Waals surface area (Å²) in [5.74, 6) is 0.162. The fourth-order valence-corrected chi connectivity index (χ4v) is 2.98. The van der Waals surface area contributed by atoms with Crippen LogP contribution in [0.3, 0.4) is 0 Å². The molecule has 0 aliphatic carbocycles. The highest BCUT2D eigenvalue weighted by molar-refractivity contribution is 5.94. The van der Waals surface area contributed by atoms with Crippen molar-refractivity contribution in [2.75, 3.05) is 19.8 Å². The van der Waals surface area contributed by atoms with Gasteiger partial charge in [0.1, 0.15) is 5.75 Å². The highest BCUT2D eigenvalue weighted by atomic mass is 16.5. The minimum Gasteiger partial charge on any atom is -0.484 e. The molecule has 1 fully saturated rings.